The van der Waals surface area contributed by atoms with E-state index < -0.39 is 0 Å². The Hall–Kier alpha value is -0.200. The molecule has 18 heavy (non-hydrogen) atoms. The van der Waals surface area contributed by atoms with Crippen molar-refractivity contribution in [1.82, 2.24) is 0 Å². The Balaban J connectivity index is 1.98. The van der Waals surface area contributed by atoms with Crippen molar-refractivity contribution in [3.63, 3.8) is 0 Å². The van der Waals surface area contributed by atoms with Crippen molar-refractivity contribution < 1.29 is 24.1 Å². The third-order valence-corrected chi connectivity index (χ3v) is 2.71. The van der Waals surface area contributed by atoms with Crippen molar-refractivity contribution in [2.45, 2.75) is 38.4 Å². The van der Waals surface area contributed by atoms with Crippen molar-refractivity contribution in [1.29, 1.82) is 0 Å². The lowest BCUT2D eigenvalue weighted by Crippen LogP contribution is -2.23. The topological polar surface area (TPSA) is 60.5 Å². The number of unbranched alkanes of at least 4 members (excludes halogenated alkanes) is 1. The minimum Gasteiger partial charge on any atom is -0.394 e. The maximum atomic E-state index is 8.54. The van der Waals surface area contributed by atoms with Gasteiger partial charge < -0.3 is 24.1 Å². The molecule has 0 aliphatic carbocycles. The number of aliphatic hydroxyl groups excluding tert-OH is 1. The lowest BCUT2D eigenvalue weighted by Gasteiger charge is -2.17. The molecule has 1 rings (SSSR count). The second kappa shape index (κ2) is 10.7. The lowest BCUT2D eigenvalue weighted by molar-refractivity contribution is -0.0403. The van der Waals surface area contributed by atoms with E-state index in [0.717, 1.165) is 19.4 Å². The van der Waals surface area contributed by atoms with Crippen molar-refractivity contribution in [3.8, 4) is 0 Å². The van der Waals surface area contributed by atoms with Crippen LogP contribution in [0.3, 0.4) is 0 Å². The van der Waals surface area contributed by atoms with Crippen LogP contribution in [0.4, 0.5) is 0 Å². The SMILES string of the molecule is CCCCC(COCCOCCO)OCC1CO1. The van der Waals surface area contributed by atoms with Gasteiger partial charge in [-0.3, -0.25) is 0 Å². The van der Waals surface area contributed by atoms with Crippen LogP contribution in [0.2, 0.25) is 0 Å². The van der Waals surface area contributed by atoms with Gasteiger partial charge in [0.05, 0.1) is 52.4 Å². The molecule has 1 N–H and O–H groups in total. The van der Waals surface area contributed by atoms with E-state index in [4.69, 9.17) is 24.1 Å². The van der Waals surface area contributed by atoms with Gasteiger partial charge >= 0.3 is 0 Å². The van der Waals surface area contributed by atoms with E-state index >= 15 is 0 Å². The molecule has 2 unspecified atom stereocenters. The first-order valence-electron chi connectivity index (χ1n) is 6.86. The minimum atomic E-state index is 0.0592. The van der Waals surface area contributed by atoms with Gasteiger partial charge in [-0.25, -0.2) is 0 Å². The highest BCUT2D eigenvalue weighted by molar-refractivity contribution is 4.69. The normalized spacial score (nSPS) is 20.0. The molecule has 0 aromatic heterocycles. The fourth-order valence-electron chi connectivity index (χ4n) is 1.55. The largest absolute Gasteiger partial charge is 0.394 e. The molecule has 0 aromatic carbocycles. The molecule has 0 bridgehead atoms. The van der Waals surface area contributed by atoms with Gasteiger partial charge in [-0.2, -0.15) is 0 Å². The first-order valence-corrected chi connectivity index (χ1v) is 6.86. The van der Waals surface area contributed by atoms with Crippen LogP contribution in [0.15, 0.2) is 0 Å². The number of epoxide rings is 1. The molecule has 0 saturated carbocycles. The first-order chi connectivity index (χ1) is 8.86. The average Bonchev–Trinajstić information content (AvgIpc) is 3.20. The van der Waals surface area contributed by atoms with Crippen molar-refractivity contribution >= 4 is 0 Å². The van der Waals surface area contributed by atoms with Crippen LogP contribution in [-0.2, 0) is 18.9 Å². The summed E-state index contributed by atoms with van der Waals surface area (Å²) in [6.07, 6.45) is 3.81. The minimum absolute atomic E-state index is 0.0592. The molecule has 1 fully saturated rings. The van der Waals surface area contributed by atoms with Gasteiger partial charge in [0.2, 0.25) is 0 Å². The Morgan fingerprint density at radius 1 is 1.28 bits per heavy atom. The maximum absolute atomic E-state index is 8.54. The molecule has 108 valence electrons. The summed E-state index contributed by atoms with van der Waals surface area (Å²) in [4.78, 5) is 0. The van der Waals surface area contributed by atoms with Crippen LogP contribution < -0.4 is 0 Å². The molecule has 2 atom stereocenters. The highest BCUT2D eigenvalue weighted by Crippen LogP contribution is 2.12. The van der Waals surface area contributed by atoms with E-state index in [0.29, 0.717) is 39.1 Å². The summed E-state index contributed by atoms with van der Waals surface area (Å²) < 4.78 is 21.5. The van der Waals surface area contributed by atoms with Gasteiger partial charge in [-0.15, -0.1) is 0 Å². The first kappa shape index (κ1) is 15.9. The van der Waals surface area contributed by atoms with Gasteiger partial charge in [0.25, 0.3) is 0 Å². The van der Waals surface area contributed by atoms with E-state index in [1.807, 2.05) is 0 Å². The fraction of sp³-hybridized carbons (Fsp3) is 1.00. The van der Waals surface area contributed by atoms with E-state index in [1.165, 1.54) is 6.42 Å². The van der Waals surface area contributed by atoms with Crippen LogP contribution in [0.25, 0.3) is 0 Å². The predicted molar refractivity (Wildman–Crippen MR) is 67.7 cm³/mol. The van der Waals surface area contributed by atoms with Gasteiger partial charge in [0.1, 0.15) is 6.10 Å². The molecule has 5 nitrogen and oxygen atoms in total. The van der Waals surface area contributed by atoms with E-state index in [2.05, 4.69) is 6.92 Å². The smallest absolute Gasteiger partial charge is 0.104 e. The summed E-state index contributed by atoms with van der Waals surface area (Å²) >= 11 is 0. The molecule has 0 spiro atoms. The van der Waals surface area contributed by atoms with Crippen molar-refractivity contribution in [2.75, 3.05) is 46.2 Å². The Kier molecular flexibility index (Phi) is 9.42. The highest BCUT2D eigenvalue weighted by Gasteiger charge is 2.24. The molecule has 5 heteroatoms. The zero-order valence-electron chi connectivity index (χ0n) is 11.3. The van der Waals surface area contributed by atoms with Crippen LogP contribution in [0.5, 0.6) is 0 Å². The Bertz CT molecular complexity index is 184. The summed E-state index contributed by atoms with van der Waals surface area (Å²) in [5, 5.41) is 8.54. The molecule has 0 aromatic rings. The van der Waals surface area contributed by atoms with E-state index in [1.54, 1.807) is 0 Å². The summed E-state index contributed by atoms with van der Waals surface area (Å²) in [5.41, 5.74) is 0. The molecular weight excluding hydrogens is 236 g/mol. The van der Waals surface area contributed by atoms with Gasteiger partial charge in [-0.05, 0) is 6.42 Å². The average molecular weight is 262 g/mol. The number of aliphatic hydroxyl groups is 1. The summed E-state index contributed by atoms with van der Waals surface area (Å²) in [6, 6.07) is 0. The lowest BCUT2D eigenvalue weighted by atomic mass is 10.2. The second-order valence-corrected chi connectivity index (χ2v) is 4.46. The van der Waals surface area contributed by atoms with E-state index in [-0.39, 0.29) is 12.7 Å². The maximum Gasteiger partial charge on any atom is 0.104 e. The Morgan fingerprint density at radius 2 is 2.06 bits per heavy atom. The molecule has 1 saturated heterocycles. The number of ether oxygens (including phenoxy) is 4. The molecule has 1 aliphatic heterocycles. The number of hydrogen-bond acceptors (Lipinski definition) is 5. The molecule has 1 aliphatic rings. The van der Waals surface area contributed by atoms with Crippen molar-refractivity contribution in [3.05, 3.63) is 0 Å². The quantitative estimate of drug-likeness (QED) is 0.396. The third kappa shape index (κ3) is 8.83. The molecule has 0 amide bonds. The second-order valence-electron chi connectivity index (χ2n) is 4.46. The molecule has 1 heterocycles. The summed E-state index contributed by atoms with van der Waals surface area (Å²) in [7, 11) is 0. The molecule has 0 radical (unpaired) electrons. The fourth-order valence-corrected chi connectivity index (χ4v) is 1.55. The summed E-state index contributed by atoms with van der Waals surface area (Å²) in [6.45, 7) is 5.79. The third-order valence-electron chi connectivity index (χ3n) is 2.71. The Labute approximate surface area is 109 Å². The monoisotopic (exact) mass is 262 g/mol. The van der Waals surface area contributed by atoms with Crippen LogP contribution in [0, 0.1) is 0 Å². The van der Waals surface area contributed by atoms with E-state index in [9.17, 15) is 0 Å². The predicted octanol–water partition coefficient (Wildman–Crippen LogP) is 0.986. The van der Waals surface area contributed by atoms with Crippen LogP contribution in [-0.4, -0.2) is 63.6 Å². The van der Waals surface area contributed by atoms with Gasteiger partial charge in [-0.1, -0.05) is 19.8 Å². The standard InChI is InChI=1S/C13H26O5/c1-2-3-4-12(17-10-13-11-18-13)9-16-8-7-15-6-5-14/h12-14H,2-11H2,1H3. The highest BCUT2D eigenvalue weighted by atomic mass is 16.6. The van der Waals surface area contributed by atoms with Gasteiger partial charge in [0, 0.05) is 0 Å². The van der Waals surface area contributed by atoms with Crippen molar-refractivity contribution in [2.24, 2.45) is 0 Å². The summed E-state index contributed by atoms with van der Waals surface area (Å²) in [5.74, 6) is 0. The van der Waals surface area contributed by atoms with Crippen LogP contribution in [0.1, 0.15) is 26.2 Å². The van der Waals surface area contributed by atoms with Gasteiger partial charge in [0.15, 0.2) is 0 Å². The zero-order chi connectivity index (χ0) is 13.1. The zero-order valence-corrected chi connectivity index (χ0v) is 11.3. The Morgan fingerprint density at radius 3 is 2.72 bits per heavy atom. The number of hydrogen-bond donors (Lipinski definition) is 1. The molecular formula is C13H26O5. The number of rotatable bonds is 13. The van der Waals surface area contributed by atoms with Crippen LogP contribution >= 0.6 is 0 Å².